The number of piperidine rings is 1. The van der Waals surface area contributed by atoms with Gasteiger partial charge in [-0.15, -0.1) is 0 Å². The monoisotopic (exact) mass is 310 g/mol. The van der Waals surface area contributed by atoms with E-state index in [2.05, 4.69) is 60.0 Å². The zero-order chi connectivity index (χ0) is 16.1. The van der Waals surface area contributed by atoms with Crippen LogP contribution < -0.4 is 15.4 Å². The SMILES string of the molecule is COc1ccccc1CNC1CCCNC1(C)c1ccccc1. The van der Waals surface area contributed by atoms with Crippen LogP contribution in [0.2, 0.25) is 0 Å². The molecule has 2 unspecified atom stereocenters. The second-order valence-corrected chi connectivity index (χ2v) is 6.38. The van der Waals surface area contributed by atoms with Gasteiger partial charge in [0.1, 0.15) is 5.75 Å². The molecule has 3 heteroatoms. The number of benzene rings is 2. The van der Waals surface area contributed by atoms with Crippen molar-refractivity contribution in [3.63, 3.8) is 0 Å². The van der Waals surface area contributed by atoms with Gasteiger partial charge in [0.15, 0.2) is 0 Å². The van der Waals surface area contributed by atoms with Gasteiger partial charge >= 0.3 is 0 Å². The van der Waals surface area contributed by atoms with E-state index in [1.807, 2.05) is 12.1 Å². The van der Waals surface area contributed by atoms with Gasteiger partial charge < -0.3 is 15.4 Å². The van der Waals surface area contributed by atoms with Crippen LogP contribution in [0.3, 0.4) is 0 Å². The van der Waals surface area contributed by atoms with Crippen molar-refractivity contribution in [1.82, 2.24) is 10.6 Å². The van der Waals surface area contributed by atoms with Crippen LogP contribution in [0.25, 0.3) is 0 Å². The molecule has 0 radical (unpaired) electrons. The van der Waals surface area contributed by atoms with Crippen LogP contribution in [0, 0.1) is 0 Å². The third-order valence-corrected chi connectivity index (χ3v) is 4.96. The minimum Gasteiger partial charge on any atom is -0.496 e. The maximum absolute atomic E-state index is 5.47. The number of ether oxygens (including phenoxy) is 1. The molecule has 122 valence electrons. The molecule has 1 saturated heterocycles. The highest BCUT2D eigenvalue weighted by Gasteiger charge is 2.37. The van der Waals surface area contributed by atoms with E-state index >= 15 is 0 Å². The highest BCUT2D eigenvalue weighted by Crippen LogP contribution is 2.31. The minimum atomic E-state index is -0.0402. The fourth-order valence-corrected chi connectivity index (χ4v) is 3.54. The summed E-state index contributed by atoms with van der Waals surface area (Å²) in [7, 11) is 1.73. The van der Waals surface area contributed by atoms with Gasteiger partial charge in [0.25, 0.3) is 0 Å². The Morgan fingerprint density at radius 1 is 1.13 bits per heavy atom. The molecule has 0 bridgehead atoms. The van der Waals surface area contributed by atoms with Crippen LogP contribution in [-0.2, 0) is 12.1 Å². The standard InChI is InChI=1S/C20H26N2O/c1-20(17-10-4-3-5-11-17)19(13-8-14-22-20)21-15-16-9-6-7-12-18(16)23-2/h3-7,9-12,19,21-22H,8,13-15H2,1-2H3. The number of hydrogen-bond acceptors (Lipinski definition) is 3. The Hall–Kier alpha value is -1.84. The molecule has 1 heterocycles. The molecule has 0 spiro atoms. The van der Waals surface area contributed by atoms with Gasteiger partial charge in [-0.05, 0) is 37.9 Å². The summed E-state index contributed by atoms with van der Waals surface area (Å²) in [5.74, 6) is 0.949. The van der Waals surface area contributed by atoms with Crippen molar-refractivity contribution in [2.75, 3.05) is 13.7 Å². The van der Waals surface area contributed by atoms with E-state index in [1.54, 1.807) is 7.11 Å². The molecule has 23 heavy (non-hydrogen) atoms. The first kappa shape index (κ1) is 16.0. The topological polar surface area (TPSA) is 33.3 Å². The molecule has 2 aromatic carbocycles. The molecule has 3 rings (SSSR count). The molecule has 0 aliphatic carbocycles. The largest absolute Gasteiger partial charge is 0.496 e. The average Bonchev–Trinajstić information content (AvgIpc) is 2.62. The van der Waals surface area contributed by atoms with E-state index in [4.69, 9.17) is 4.74 Å². The predicted octanol–water partition coefficient (Wildman–Crippen LogP) is 3.45. The van der Waals surface area contributed by atoms with Crippen molar-refractivity contribution < 1.29 is 4.74 Å². The summed E-state index contributed by atoms with van der Waals surface area (Å²) >= 11 is 0. The maximum Gasteiger partial charge on any atom is 0.123 e. The average molecular weight is 310 g/mol. The van der Waals surface area contributed by atoms with Gasteiger partial charge in [0.2, 0.25) is 0 Å². The first-order valence-corrected chi connectivity index (χ1v) is 8.40. The number of methoxy groups -OCH3 is 1. The van der Waals surface area contributed by atoms with Crippen LogP contribution in [0.5, 0.6) is 5.75 Å². The summed E-state index contributed by atoms with van der Waals surface area (Å²) in [5.41, 5.74) is 2.51. The van der Waals surface area contributed by atoms with E-state index in [0.29, 0.717) is 6.04 Å². The summed E-state index contributed by atoms with van der Waals surface area (Å²) < 4.78 is 5.47. The lowest BCUT2D eigenvalue weighted by Gasteiger charge is -2.43. The van der Waals surface area contributed by atoms with Crippen LogP contribution >= 0.6 is 0 Å². The van der Waals surface area contributed by atoms with Gasteiger partial charge in [0, 0.05) is 18.2 Å². The second kappa shape index (κ2) is 7.16. The predicted molar refractivity (Wildman–Crippen MR) is 94.7 cm³/mol. The fourth-order valence-electron chi connectivity index (χ4n) is 3.54. The van der Waals surface area contributed by atoms with E-state index in [9.17, 15) is 0 Å². The Morgan fingerprint density at radius 3 is 2.65 bits per heavy atom. The summed E-state index contributed by atoms with van der Waals surface area (Å²) in [6, 6.07) is 19.4. The number of para-hydroxylation sites is 1. The maximum atomic E-state index is 5.47. The zero-order valence-corrected chi connectivity index (χ0v) is 14.0. The lowest BCUT2D eigenvalue weighted by atomic mass is 9.79. The summed E-state index contributed by atoms with van der Waals surface area (Å²) in [6.07, 6.45) is 2.37. The Labute approximate surface area is 139 Å². The number of rotatable bonds is 5. The Morgan fingerprint density at radius 2 is 1.87 bits per heavy atom. The number of hydrogen-bond donors (Lipinski definition) is 2. The van der Waals surface area contributed by atoms with Crippen LogP contribution in [-0.4, -0.2) is 19.7 Å². The van der Waals surface area contributed by atoms with Crippen molar-refractivity contribution in [3.05, 3.63) is 65.7 Å². The Kier molecular flexibility index (Phi) is 4.99. The van der Waals surface area contributed by atoms with Crippen molar-refractivity contribution in [2.24, 2.45) is 0 Å². The molecular formula is C20H26N2O. The molecular weight excluding hydrogens is 284 g/mol. The molecule has 1 aliphatic heterocycles. The molecule has 2 atom stereocenters. The molecule has 2 N–H and O–H groups in total. The van der Waals surface area contributed by atoms with Gasteiger partial charge in [-0.25, -0.2) is 0 Å². The van der Waals surface area contributed by atoms with Gasteiger partial charge in [0.05, 0.1) is 12.6 Å². The highest BCUT2D eigenvalue weighted by molar-refractivity contribution is 5.33. The van der Waals surface area contributed by atoms with Crippen molar-refractivity contribution >= 4 is 0 Å². The molecule has 0 amide bonds. The van der Waals surface area contributed by atoms with Gasteiger partial charge in [-0.1, -0.05) is 48.5 Å². The molecule has 1 aliphatic rings. The molecule has 2 aromatic rings. The first-order valence-electron chi connectivity index (χ1n) is 8.40. The normalized spacial score (nSPS) is 24.3. The molecule has 0 saturated carbocycles. The third-order valence-electron chi connectivity index (χ3n) is 4.96. The van der Waals surface area contributed by atoms with Crippen molar-refractivity contribution in [3.8, 4) is 5.75 Å². The fraction of sp³-hybridized carbons (Fsp3) is 0.400. The van der Waals surface area contributed by atoms with E-state index < -0.39 is 0 Å². The first-order chi connectivity index (χ1) is 11.2. The smallest absolute Gasteiger partial charge is 0.123 e. The molecule has 3 nitrogen and oxygen atoms in total. The van der Waals surface area contributed by atoms with Crippen LogP contribution in [0.1, 0.15) is 30.9 Å². The molecule has 1 fully saturated rings. The summed E-state index contributed by atoms with van der Waals surface area (Å²) in [5, 5.41) is 7.49. The van der Waals surface area contributed by atoms with Gasteiger partial charge in [-0.3, -0.25) is 0 Å². The minimum absolute atomic E-state index is 0.0402. The second-order valence-electron chi connectivity index (χ2n) is 6.38. The molecule has 0 aromatic heterocycles. The number of nitrogens with one attached hydrogen (secondary N) is 2. The van der Waals surface area contributed by atoms with Gasteiger partial charge in [-0.2, -0.15) is 0 Å². The highest BCUT2D eigenvalue weighted by atomic mass is 16.5. The Balaban J connectivity index is 1.77. The van der Waals surface area contributed by atoms with E-state index in [1.165, 1.54) is 24.0 Å². The Bertz CT molecular complexity index is 629. The summed E-state index contributed by atoms with van der Waals surface area (Å²) in [4.78, 5) is 0. The summed E-state index contributed by atoms with van der Waals surface area (Å²) in [6.45, 7) is 4.19. The van der Waals surface area contributed by atoms with E-state index in [0.717, 1.165) is 18.8 Å². The van der Waals surface area contributed by atoms with E-state index in [-0.39, 0.29) is 5.54 Å². The van der Waals surface area contributed by atoms with Crippen molar-refractivity contribution in [1.29, 1.82) is 0 Å². The third kappa shape index (κ3) is 3.41. The lowest BCUT2D eigenvalue weighted by molar-refractivity contribution is 0.201. The zero-order valence-electron chi connectivity index (χ0n) is 14.0. The van der Waals surface area contributed by atoms with Crippen LogP contribution in [0.4, 0.5) is 0 Å². The van der Waals surface area contributed by atoms with Crippen LogP contribution in [0.15, 0.2) is 54.6 Å². The quantitative estimate of drug-likeness (QED) is 0.887. The van der Waals surface area contributed by atoms with Crippen molar-refractivity contribution in [2.45, 2.75) is 37.9 Å². The lowest BCUT2D eigenvalue weighted by Crippen LogP contribution is -2.58.